The van der Waals surface area contributed by atoms with Gasteiger partial charge < -0.3 is 5.32 Å². The van der Waals surface area contributed by atoms with E-state index in [2.05, 4.69) is 15.0 Å². The fourth-order valence-electron chi connectivity index (χ4n) is 1.54. The van der Waals surface area contributed by atoms with Gasteiger partial charge in [0.05, 0.1) is 0 Å². The average molecular weight is 290 g/mol. The third-order valence-corrected chi connectivity index (χ3v) is 4.88. The molecule has 0 aliphatic carbocycles. The van der Waals surface area contributed by atoms with Gasteiger partial charge in [0.15, 0.2) is 10.9 Å². The van der Waals surface area contributed by atoms with Gasteiger partial charge >= 0.3 is 10.2 Å². The van der Waals surface area contributed by atoms with Gasteiger partial charge in [0.1, 0.15) is 5.69 Å². The number of rotatable bonds is 4. The molecule has 0 spiro atoms. The third-order valence-electron chi connectivity index (χ3n) is 2.50. The van der Waals surface area contributed by atoms with E-state index < -0.39 is 10.2 Å². The zero-order chi connectivity index (χ0) is 13.2. The van der Waals surface area contributed by atoms with E-state index in [1.807, 2.05) is 0 Å². The van der Waals surface area contributed by atoms with Crippen molar-refractivity contribution in [3.8, 4) is 0 Å². The van der Waals surface area contributed by atoms with Crippen LogP contribution in [0.4, 0.5) is 5.13 Å². The number of hydrogen-bond acceptors (Lipinski definition) is 6. The van der Waals surface area contributed by atoms with Gasteiger partial charge in [-0.3, -0.25) is 4.79 Å². The molecule has 1 fully saturated rings. The Bertz CT molecular complexity index is 534. The van der Waals surface area contributed by atoms with Crippen molar-refractivity contribution in [2.24, 2.45) is 0 Å². The van der Waals surface area contributed by atoms with Crippen LogP contribution >= 0.6 is 11.3 Å². The highest BCUT2D eigenvalue weighted by Gasteiger charge is 2.24. The van der Waals surface area contributed by atoms with Crippen molar-refractivity contribution in [3.63, 3.8) is 0 Å². The first kappa shape index (κ1) is 13.4. The summed E-state index contributed by atoms with van der Waals surface area (Å²) in [5.74, 6) is -0.182. The number of aromatic nitrogens is 1. The lowest BCUT2D eigenvalue weighted by Gasteiger charge is -2.26. The molecule has 1 saturated heterocycles. The van der Waals surface area contributed by atoms with Crippen LogP contribution in [0.2, 0.25) is 0 Å². The zero-order valence-corrected chi connectivity index (χ0v) is 11.5. The van der Waals surface area contributed by atoms with Crippen molar-refractivity contribution in [1.82, 2.24) is 14.6 Å². The maximum Gasteiger partial charge on any atom is 0.303 e. The molecule has 0 saturated carbocycles. The number of piperazine rings is 1. The predicted octanol–water partition coefficient (Wildman–Crippen LogP) is -0.0924. The van der Waals surface area contributed by atoms with Crippen LogP contribution in [0.5, 0.6) is 0 Å². The van der Waals surface area contributed by atoms with Crippen LogP contribution in [0.15, 0.2) is 5.38 Å². The second-order valence-electron chi connectivity index (χ2n) is 3.85. The number of Topliss-reactive ketones (excluding diaryl/α,β-unsaturated/α-hetero) is 1. The zero-order valence-electron chi connectivity index (χ0n) is 9.84. The number of thiazole rings is 1. The largest absolute Gasteiger partial charge is 0.314 e. The van der Waals surface area contributed by atoms with Crippen LogP contribution in [0.25, 0.3) is 0 Å². The molecule has 0 aromatic carbocycles. The molecule has 7 nitrogen and oxygen atoms in total. The summed E-state index contributed by atoms with van der Waals surface area (Å²) in [6.45, 7) is 3.53. The highest BCUT2D eigenvalue weighted by atomic mass is 32.2. The fourth-order valence-corrected chi connectivity index (χ4v) is 3.70. The maximum atomic E-state index is 12.0. The minimum atomic E-state index is -3.57. The Morgan fingerprint density at radius 1 is 1.50 bits per heavy atom. The van der Waals surface area contributed by atoms with E-state index in [1.165, 1.54) is 16.6 Å². The van der Waals surface area contributed by atoms with Crippen LogP contribution in [-0.2, 0) is 10.2 Å². The first-order chi connectivity index (χ1) is 8.49. The number of carbonyl (C=O) groups is 1. The Morgan fingerprint density at radius 3 is 2.72 bits per heavy atom. The van der Waals surface area contributed by atoms with E-state index in [0.717, 1.165) is 11.3 Å². The SMILES string of the molecule is CC(=O)c1csc(NS(=O)(=O)N2CCNCC2)n1. The number of ketones is 1. The molecule has 1 aliphatic heterocycles. The van der Waals surface area contributed by atoms with E-state index in [-0.39, 0.29) is 16.6 Å². The van der Waals surface area contributed by atoms with Crippen molar-refractivity contribution in [1.29, 1.82) is 0 Å². The molecule has 0 unspecified atom stereocenters. The molecular formula is C9H14N4O3S2. The predicted molar refractivity (Wildman–Crippen MR) is 69.1 cm³/mol. The van der Waals surface area contributed by atoms with Gasteiger partial charge in [-0.1, -0.05) is 0 Å². The molecule has 1 aromatic rings. The molecule has 2 N–H and O–H groups in total. The lowest BCUT2D eigenvalue weighted by Crippen LogP contribution is -2.48. The van der Waals surface area contributed by atoms with Crippen LogP contribution in [0.3, 0.4) is 0 Å². The van der Waals surface area contributed by atoms with Gasteiger partial charge in [0.2, 0.25) is 0 Å². The summed E-state index contributed by atoms with van der Waals surface area (Å²) in [5.41, 5.74) is 0.276. The summed E-state index contributed by atoms with van der Waals surface area (Å²) in [6.07, 6.45) is 0. The summed E-state index contributed by atoms with van der Waals surface area (Å²) in [4.78, 5) is 15.0. The number of carbonyl (C=O) groups excluding carboxylic acids is 1. The molecule has 0 amide bonds. The number of anilines is 1. The Morgan fingerprint density at radius 2 is 2.17 bits per heavy atom. The minimum absolute atomic E-state index is 0.182. The first-order valence-electron chi connectivity index (χ1n) is 5.44. The van der Waals surface area contributed by atoms with E-state index in [1.54, 1.807) is 0 Å². The van der Waals surface area contributed by atoms with Crippen molar-refractivity contribution < 1.29 is 13.2 Å². The van der Waals surface area contributed by atoms with Gasteiger partial charge in [-0.2, -0.15) is 12.7 Å². The molecule has 0 bridgehead atoms. The number of hydrogen-bond donors (Lipinski definition) is 2. The highest BCUT2D eigenvalue weighted by Crippen LogP contribution is 2.18. The number of nitrogens with zero attached hydrogens (tertiary/aromatic N) is 2. The van der Waals surface area contributed by atoms with Gasteiger partial charge in [-0.15, -0.1) is 11.3 Å². The molecule has 0 radical (unpaired) electrons. The highest BCUT2D eigenvalue weighted by molar-refractivity contribution is 7.90. The smallest absolute Gasteiger partial charge is 0.303 e. The summed E-state index contributed by atoms with van der Waals surface area (Å²) < 4.78 is 27.8. The van der Waals surface area contributed by atoms with Crippen molar-refractivity contribution >= 4 is 32.5 Å². The Kier molecular flexibility index (Phi) is 3.95. The van der Waals surface area contributed by atoms with E-state index in [9.17, 15) is 13.2 Å². The normalized spacial score (nSPS) is 17.6. The maximum absolute atomic E-state index is 12.0. The van der Waals surface area contributed by atoms with Crippen molar-refractivity contribution in [3.05, 3.63) is 11.1 Å². The Hall–Kier alpha value is -1.03. The average Bonchev–Trinajstić information content (AvgIpc) is 2.78. The van der Waals surface area contributed by atoms with Gasteiger partial charge in [0, 0.05) is 38.5 Å². The summed E-state index contributed by atoms with van der Waals surface area (Å²) in [7, 11) is -3.57. The quantitative estimate of drug-likeness (QED) is 0.756. The molecule has 18 heavy (non-hydrogen) atoms. The molecular weight excluding hydrogens is 276 g/mol. The van der Waals surface area contributed by atoms with Gasteiger partial charge in [-0.25, -0.2) is 9.71 Å². The van der Waals surface area contributed by atoms with Gasteiger partial charge in [-0.05, 0) is 0 Å². The lowest BCUT2D eigenvalue weighted by atomic mass is 10.4. The molecule has 1 aliphatic rings. The fraction of sp³-hybridized carbons (Fsp3) is 0.556. The van der Waals surface area contributed by atoms with Crippen LogP contribution in [0, 0.1) is 0 Å². The van der Waals surface area contributed by atoms with Crippen LogP contribution in [-0.4, -0.2) is 49.7 Å². The monoisotopic (exact) mass is 290 g/mol. The molecule has 2 rings (SSSR count). The van der Waals surface area contributed by atoms with E-state index in [0.29, 0.717) is 26.2 Å². The van der Waals surface area contributed by atoms with Gasteiger partial charge in [0.25, 0.3) is 0 Å². The standard InChI is InChI=1S/C9H14N4O3S2/c1-7(14)8-6-17-9(11-8)12-18(15,16)13-4-2-10-3-5-13/h6,10H,2-5H2,1H3,(H,11,12). The minimum Gasteiger partial charge on any atom is -0.314 e. The molecule has 100 valence electrons. The molecule has 0 atom stereocenters. The topological polar surface area (TPSA) is 91.4 Å². The van der Waals surface area contributed by atoms with E-state index in [4.69, 9.17) is 0 Å². The number of nitrogens with one attached hydrogen (secondary N) is 2. The summed E-state index contributed by atoms with van der Waals surface area (Å²) in [6, 6.07) is 0. The van der Waals surface area contributed by atoms with Crippen LogP contribution in [0.1, 0.15) is 17.4 Å². The Labute approximate surface area is 109 Å². The van der Waals surface area contributed by atoms with Crippen molar-refractivity contribution in [2.45, 2.75) is 6.92 Å². The molecule has 2 heterocycles. The van der Waals surface area contributed by atoms with E-state index >= 15 is 0 Å². The van der Waals surface area contributed by atoms with Crippen molar-refractivity contribution in [2.75, 3.05) is 30.9 Å². The molecule has 1 aromatic heterocycles. The second-order valence-corrected chi connectivity index (χ2v) is 6.38. The lowest BCUT2D eigenvalue weighted by molar-refractivity contribution is 0.101. The first-order valence-corrected chi connectivity index (χ1v) is 7.76. The Balaban J connectivity index is 2.08. The third kappa shape index (κ3) is 3.05. The van der Waals surface area contributed by atoms with Crippen LogP contribution < -0.4 is 10.0 Å². The summed E-state index contributed by atoms with van der Waals surface area (Å²) in [5, 5.41) is 4.84. The second kappa shape index (κ2) is 5.31. The summed E-state index contributed by atoms with van der Waals surface area (Å²) >= 11 is 1.10. The molecule has 9 heteroatoms.